The second-order valence-electron chi connectivity index (χ2n) is 11.7. The van der Waals surface area contributed by atoms with E-state index < -0.39 is 7.12 Å². The van der Waals surface area contributed by atoms with E-state index in [4.69, 9.17) is 14.6 Å². The molecule has 5 aliphatic rings. The maximum atomic E-state index is 13.0. The first-order valence-corrected chi connectivity index (χ1v) is 13.3. The van der Waals surface area contributed by atoms with Gasteiger partial charge < -0.3 is 24.8 Å². The summed E-state index contributed by atoms with van der Waals surface area (Å²) >= 11 is 0. The summed E-state index contributed by atoms with van der Waals surface area (Å²) in [7, 11) is -0.527. The number of amides is 3. The fourth-order valence-corrected chi connectivity index (χ4v) is 7.13. The van der Waals surface area contributed by atoms with E-state index in [1.54, 1.807) is 4.90 Å². The molecule has 0 aromatic heterocycles. The highest BCUT2D eigenvalue weighted by Gasteiger charge is 2.68. The number of likely N-dealkylation sites (tertiary alicyclic amines) is 1. The van der Waals surface area contributed by atoms with Crippen molar-refractivity contribution >= 4 is 19.1 Å². The number of hydrogen-bond acceptors (Lipinski definition) is 5. The van der Waals surface area contributed by atoms with Crippen molar-refractivity contribution in [3.05, 3.63) is 35.9 Å². The van der Waals surface area contributed by atoms with E-state index in [1.165, 1.54) is 6.42 Å². The van der Waals surface area contributed by atoms with Crippen molar-refractivity contribution in [3.63, 3.8) is 0 Å². The summed E-state index contributed by atoms with van der Waals surface area (Å²) in [6.07, 6.45) is 4.37. The number of nitrogens with one attached hydrogen (secondary N) is 2. The van der Waals surface area contributed by atoms with E-state index in [1.807, 2.05) is 36.4 Å². The van der Waals surface area contributed by atoms with Crippen LogP contribution in [0.4, 0.5) is 4.79 Å². The van der Waals surface area contributed by atoms with Gasteiger partial charge in [0.15, 0.2) is 0 Å². The average molecular weight is 492 g/mol. The van der Waals surface area contributed by atoms with Crippen molar-refractivity contribution < 1.29 is 18.9 Å². The lowest BCUT2D eigenvalue weighted by Crippen LogP contribution is -2.65. The number of urea groups is 1. The molecule has 192 valence electrons. The zero-order valence-corrected chi connectivity index (χ0v) is 21.5. The van der Waals surface area contributed by atoms with Crippen LogP contribution in [0.3, 0.4) is 0 Å². The molecule has 9 heteroatoms. The molecule has 2 bridgehead atoms. The van der Waals surface area contributed by atoms with Gasteiger partial charge in [-0.25, -0.2) is 4.79 Å². The van der Waals surface area contributed by atoms with Crippen LogP contribution in [-0.4, -0.2) is 60.7 Å². The Bertz CT molecular complexity index is 1030. The molecule has 5 fully saturated rings. The monoisotopic (exact) mass is 492 g/mol. The molecule has 8 nitrogen and oxygen atoms in total. The second-order valence-corrected chi connectivity index (χ2v) is 11.7. The summed E-state index contributed by atoms with van der Waals surface area (Å²) < 4.78 is 13.2. The third-order valence-corrected chi connectivity index (χ3v) is 9.34. The Morgan fingerprint density at radius 2 is 2.03 bits per heavy atom. The van der Waals surface area contributed by atoms with Gasteiger partial charge >= 0.3 is 13.1 Å². The molecule has 3 saturated carbocycles. The molecule has 1 aromatic rings. The van der Waals surface area contributed by atoms with E-state index in [9.17, 15) is 9.59 Å². The largest absolute Gasteiger partial charge is 0.482 e. The number of benzene rings is 1. The number of carbonyl (C=O) groups is 2. The van der Waals surface area contributed by atoms with Gasteiger partial charge in [-0.05, 0) is 61.8 Å². The van der Waals surface area contributed by atoms with E-state index in [0.717, 1.165) is 24.8 Å². The minimum atomic E-state index is -0.527. The van der Waals surface area contributed by atoms with Gasteiger partial charge in [0.25, 0.3) is 0 Å². The molecule has 2 N–H and O–H groups in total. The Balaban J connectivity index is 1.25. The fourth-order valence-electron chi connectivity index (χ4n) is 7.13. The summed E-state index contributed by atoms with van der Waals surface area (Å²) in [5, 5.41) is 14.9. The van der Waals surface area contributed by atoms with Crippen LogP contribution >= 0.6 is 0 Å². The Morgan fingerprint density at radius 1 is 1.25 bits per heavy atom. The van der Waals surface area contributed by atoms with Crippen LogP contribution in [0.25, 0.3) is 0 Å². The molecule has 0 unspecified atom stereocenters. The van der Waals surface area contributed by atoms with Crippen LogP contribution in [0.5, 0.6) is 0 Å². The van der Waals surface area contributed by atoms with Crippen molar-refractivity contribution in [1.29, 1.82) is 5.26 Å². The summed E-state index contributed by atoms with van der Waals surface area (Å²) in [6.45, 7) is 7.85. The van der Waals surface area contributed by atoms with Crippen LogP contribution in [0, 0.1) is 28.6 Å². The number of hydrogen-bond donors (Lipinski definition) is 2. The number of carbonyl (C=O) groups excluding carboxylic acids is 2. The van der Waals surface area contributed by atoms with E-state index in [2.05, 4.69) is 31.4 Å². The second kappa shape index (κ2) is 9.72. The lowest BCUT2D eigenvalue weighted by atomic mass is 9.43. The molecule has 3 amide bonds. The highest BCUT2D eigenvalue weighted by Crippen LogP contribution is 2.65. The first-order chi connectivity index (χ1) is 17.2. The zero-order valence-electron chi connectivity index (χ0n) is 21.5. The van der Waals surface area contributed by atoms with Crippen molar-refractivity contribution in [3.8, 4) is 6.07 Å². The minimum Gasteiger partial charge on any atom is -0.404 e. The van der Waals surface area contributed by atoms with E-state index >= 15 is 0 Å². The lowest BCUT2D eigenvalue weighted by molar-refractivity contribution is -0.199. The quantitative estimate of drug-likeness (QED) is 0.570. The molecule has 0 radical (unpaired) electrons. The molecule has 3 aliphatic carbocycles. The third-order valence-electron chi connectivity index (χ3n) is 9.34. The van der Waals surface area contributed by atoms with Crippen molar-refractivity contribution in [2.45, 2.75) is 83.0 Å². The molecule has 2 heterocycles. The number of nitrogens with zero attached hydrogens (tertiary/aromatic N) is 2. The first kappa shape index (κ1) is 25.1. The van der Waals surface area contributed by atoms with Gasteiger partial charge in [0.2, 0.25) is 5.91 Å². The van der Waals surface area contributed by atoms with E-state index in [0.29, 0.717) is 31.3 Å². The van der Waals surface area contributed by atoms with Crippen LogP contribution in [0.1, 0.15) is 58.4 Å². The van der Waals surface area contributed by atoms with Gasteiger partial charge in [0, 0.05) is 19.1 Å². The number of nitriles is 1. The maximum absolute atomic E-state index is 13.0. The summed E-state index contributed by atoms with van der Waals surface area (Å²) in [5.41, 5.74) is 1.00. The van der Waals surface area contributed by atoms with Crippen molar-refractivity contribution in [2.75, 3.05) is 13.1 Å². The molecule has 36 heavy (non-hydrogen) atoms. The molecule has 2 saturated heterocycles. The molecule has 0 spiro atoms. The normalized spacial score (nSPS) is 32.7. The minimum absolute atomic E-state index is 0.0422. The van der Waals surface area contributed by atoms with Crippen LogP contribution in [0.2, 0.25) is 0 Å². The highest BCUT2D eigenvalue weighted by molar-refractivity contribution is 6.48. The van der Waals surface area contributed by atoms with Gasteiger partial charge in [-0.1, -0.05) is 44.2 Å². The zero-order chi connectivity index (χ0) is 25.5. The molecule has 2 aliphatic heterocycles. The Hall–Kier alpha value is -2.57. The summed E-state index contributed by atoms with van der Waals surface area (Å²) in [6, 6.07) is 11.6. The van der Waals surface area contributed by atoms with Gasteiger partial charge in [0.05, 0.1) is 23.7 Å². The lowest BCUT2D eigenvalue weighted by Gasteiger charge is -2.64. The molecule has 6 rings (SSSR count). The Kier molecular flexibility index (Phi) is 6.77. The van der Waals surface area contributed by atoms with Gasteiger partial charge in [-0.15, -0.1) is 0 Å². The standard InChI is InChI=1S/C27H37BN4O4/c1-26(2)19-15-21(26)27(3)22(16-19)35-28(36-27)23(14-18-8-5-4-6-9-18)31-25(34)30-17-20-10-7-13-32(20)24(33)11-12-29/h4-6,8-9,19-23H,7,10-11,13-17H2,1-3H3,(H2,30,31,34)/t19-,20-,21-,22+,23-,27-/m0/s1. The fraction of sp³-hybridized carbons (Fsp3) is 0.667. The van der Waals surface area contributed by atoms with Crippen LogP contribution < -0.4 is 10.6 Å². The smallest absolute Gasteiger partial charge is 0.404 e. The van der Waals surface area contributed by atoms with Crippen molar-refractivity contribution in [1.82, 2.24) is 15.5 Å². The Morgan fingerprint density at radius 3 is 2.75 bits per heavy atom. The summed E-state index contributed by atoms with van der Waals surface area (Å²) in [5.74, 6) is 0.582. The third kappa shape index (κ3) is 4.50. The molecular weight excluding hydrogens is 455 g/mol. The first-order valence-electron chi connectivity index (χ1n) is 13.3. The van der Waals surface area contributed by atoms with Gasteiger partial charge in [0.1, 0.15) is 6.42 Å². The molecular formula is C27H37BN4O4. The van der Waals surface area contributed by atoms with Crippen LogP contribution in [0.15, 0.2) is 30.3 Å². The Labute approximate surface area is 214 Å². The highest BCUT2D eigenvalue weighted by atomic mass is 16.7. The molecule has 6 atom stereocenters. The predicted molar refractivity (Wildman–Crippen MR) is 136 cm³/mol. The average Bonchev–Trinajstić information content (AvgIpc) is 3.46. The SMILES string of the molecule is CC1(C)[C@@H]2C[C@H]3OB([C@H](Cc4ccccc4)NC(=O)NC[C@@H]4CCCN4C(=O)CC#N)O[C@@]3(C)[C@H]1C2. The van der Waals surface area contributed by atoms with Crippen LogP contribution in [-0.2, 0) is 20.5 Å². The molecule has 1 aromatic carbocycles. The van der Waals surface area contributed by atoms with Gasteiger partial charge in [-0.3, -0.25) is 4.79 Å². The maximum Gasteiger partial charge on any atom is 0.482 e. The van der Waals surface area contributed by atoms with E-state index in [-0.39, 0.29) is 47.5 Å². The van der Waals surface area contributed by atoms with Crippen molar-refractivity contribution in [2.24, 2.45) is 17.3 Å². The van der Waals surface area contributed by atoms with Gasteiger partial charge in [-0.2, -0.15) is 5.26 Å². The topological polar surface area (TPSA) is 104 Å². The predicted octanol–water partition coefficient (Wildman–Crippen LogP) is 3.07. The summed E-state index contributed by atoms with van der Waals surface area (Å²) in [4.78, 5) is 27.0. The number of rotatable bonds is 7.